The van der Waals surface area contributed by atoms with Crippen LogP contribution in [-0.2, 0) is 23.1 Å². The number of rotatable bonds is 4. The van der Waals surface area contributed by atoms with Gasteiger partial charge in [0, 0.05) is 6.04 Å². The Hall–Kier alpha value is -2.34. The summed E-state index contributed by atoms with van der Waals surface area (Å²) in [6, 6.07) is 8.71. The number of nitrogens with zero attached hydrogens (tertiary/aromatic N) is 3. The van der Waals surface area contributed by atoms with E-state index in [2.05, 4.69) is 55.0 Å². The van der Waals surface area contributed by atoms with E-state index in [-0.39, 0.29) is 35.0 Å². The first-order valence-electron chi connectivity index (χ1n) is 9.60. The van der Waals surface area contributed by atoms with Crippen molar-refractivity contribution in [3.05, 3.63) is 41.1 Å². The van der Waals surface area contributed by atoms with E-state index in [1.54, 1.807) is 4.90 Å². The second-order valence-electron chi connectivity index (χ2n) is 8.34. The number of alkyl halides is 1. The van der Waals surface area contributed by atoms with Crippen molar-refractivity contribution in [3.8, 4) is 0 Å². The van der Waals surface area contributed by atoms with Crippen LogP contribution in [0.15, 0.2) is 24.3 Å². The lowest BCUT2D eigenvalue weighted by Gasteiger charge is -2.37. The topological polar surface area (TPSA) is 98.1 Å². The zero-order chi connectivity index (χ0) is 20.5. The third-order valence-corrected chi connectivity index (χ3v) is 5.52. The average molecular weight is 402 g/mol. The number of aryl methyl sites for hydroxylation is 2. The van der Waals surface area contributed by atoms with Gasteiger partial charge in [-0.15, -0.1) is 11.6 Å². The highest BCUT2D eigenvalue weighted by molar-refractivity contribution is 6.29. The number of nitrogen functional groups attached to an aromatic ring is 2. The third kappa shape index (κ3) is 4.22. The summed E-state index contributed by atoms with van der Waals surface area (Å²) in [6.07, 6.45) is 3.20. The Morgan fingerprint density at radius 2 is 1.89 bits per heavy atom. The van der Waals surface area contributed by atoms with Gasteiger partial charge in [-0.05, 0) is 42.2 Å². The number of hydrogen-bond donors (Lipinski definition) is 2. The predicted molar refractivity (Wildman–Crippen MR) is 115 cm³/mol. The molecule has 2 aromatic rings. The fourth-order valence-electron chi connectivity index (χ4n) is 3.76. The Balaban J connectivity index is 1.80. The summed E-state index contributed by atoms with van der Waals surface area (Å²) in [6.45, 7) is 6.61. The van der Waals surface area contributed by atoms with E-state index in [1.807, 2.05) is 0 Å². The normalized spacial score (nSPS) is 16.7. The van der Waals surface area contributed by atoms with Crippen LogP contribution in [0.1, 0.15) is 50.4 Å². The van der Waals surface area contributed by atoms with Crippen LogP contribution in [0.25, 0.3) is 0 Å². The molecule has 0 fully saturated rings. The molecule has 0 radical (unpaired) electrons. The van der Waals surface area contributed by atoms with Gasteiger partial charge < -0.3 is 16.4 Å². The van der Waals surface area contributed by atoms with Gasteiger partial charge in [0.1, 0.15) is 11.6 Å². The molecule has 1 unspecified atom stereocenters. The van der Waals surface area contributed by atoms with Crippen molar-refractivity contribution in [2.75, 3.05) is 22.2 Å². The van der Waals surface area contributed by atoms with Gasteiger partial charge in [0.25, 0.3) is 0 Å². The number of carbonyl (C=O) groups excluding carboxylic acids is 1. The van der Waals surface area contributed by atoms with Crippen molar-refractivity contribution < 1.29 is 4.79 Å². The summed E-state index contributed by atoms with van der Waals surface area (Å²) in [4.78, 5) is 22.6. The second kappa shape index (κ2) is 7.95. The maximum absolute atomic E-state index is 12.6. The number of halogens is 1. The van der Waals surface area contributed by atoms with Crippen LogP contribution in [-0.4, -0.2) is 27.8 Å². The predicted octanol–water partition coefficient (Wildman–Crippen LogP) is 3.46. The summed E-state index contributed by atoms with van der Waals surface area (Å²) in [5, 5.41) is 0. The highest BCUT2D eigenvalue weighted by Crippen LogP contribution is 2.36. The molecule has 150 valence electrons. The summed E-state index contributed by atoms with van der Waals surface area (Å²) in [5.41, 5.74) is 15.8. The van der Waals surface area contributed by atoms with Gasteiger partial charge in [0.15, 0.2) is 5.82 Å². The lowest BCUT2D eigenvalue weighted by Crippen LogP contribution is -2.45. The minimum Gasteiger partial charge on any atom is -0.382 e. The second-order valence-corrected chi connectivity index (χ2v) is 8.61. The van der Waals surface area contributed by atoms with Crippen molar-refractivity contribution >= 4 is 35.0 Å². The first-order valence-corrected chi connectivity index (χ1v) is 10.1. The standard InChI is InChI=1S/C21H28ClN5O/c1-21(2,3)14-7-4-13(5-8-14)6-9-15-10-11-16-18(27(15)17(28)12-22)19(23)26-20(24)25-16/h4-5,7-8,15H,6,9-12H2,1-3H3,(H4,23,24,25,26). The Labute approximate surface area is 171 Å². The van der Waals surface area contributed by atoms with Crippen molar-refractivity contribution in [1.82, 2.24) is 9.97 Å². The fourth-order valence-corrected chi connectivity index (χ4v) is 3.89. The lowest BCUT2D eigenvalue weighted by molar-refractivity contribution is -0.116. The Morgan fingerprint density at radius 3 is 2.50 bits per heavy atom. The van der Waals surface area contributed by atoms with Crippen LogP contribution in [0.3, 0.4) is 0 Å². The van der Waals surface area contributed by atoms with Crippen molar-refractivity contribution in [2.24, 2.45) is 0 Å². The van der Waals surface area contributed by atoms with Gasteiger partial charge in [0.05, 0.1) is 5.69 Å². The van der Waals surface area contributed by atoms with E-state index in [4.69, 9.17) is 23.1 Å². The summed E-state index contributed by atoms with van der Waals surface area (Å²) in [7, 11) is 0. The highest BCUT2D eigenvalue weighted by atomic mass is 35.5. The molecule has 1 aliphatic heterocycles. The SMILES string of the molecule is CC(C)(C)c1ccc(CCC2CCc3nc(N)nc(N)c3N2C(=O)CCl)cc1. The zero-order valence-electron chi connectivity index (χ0n) is 16.7. The Morgan fingerprint density at radius 1 is 1.21 bits per heavy atom. The van der Waals surface area contributed by atoms with Gasteiger partial charge in [0.2, 0.25) is 11.9 Å². The van der Waals surface area contributed by atoms with E-state index in [0.29, 0.717) is 17.8 Å². The lowest BCUT2D eigenvalue weighted by atomic mass is 9.86. The molecule has 0 aliphatic carbocycles. The molecule has 1 aromatic heterocycles. The van der Waals surface area contributed by atoms with Crippen LogP contribution in [0.2, 0.25) is 0 Å². The molecule has 1 atom stereocenters. The molecule has 3 rings (SSSR count). The van der Waals surface area contributed by atoms with Crippen molar-refractivity contribution in [2.45, 2.75) is 57.9 Å². The minimum absolute atomic E-state index is 0.00978. The van der Waals surface area contributed by atoms with Gasteiger partial charge >= 0.3 is 0 Å². The van der Waals surface area contributed by atoms with Gasteiger partial charge in [-0.2, -0.15) is 4.98 Å². The summed E-state index contributed by atoms with van der Waals surface area (Å²) < 4.78 is 0. The quantitative estimate of drug-likeness (QED) is 0.764. The summed E-state index contributed by atoms with van der Waals surface area (Å²) in [5.74, 6) is 0.0721. The third-order valence-electron chi connectivity index (χ3n) is 5.29. The van der Waals surface area contributed by atoms with Gasteiger partial charge in [-0.1, -0.05) is 45.0 Å². The van der Waals surface area contributed by atoms with E-state index in [9.17, 15) is 4.79 Å². The van der Waals surface area contributed by atoms with Gasteiger partial charge in [-0.25, -0.2) is 4.98 Å². The number of aromatic nitrogens is 2. The molecule has 0 spiro atoms. The van der Waals surface area contributed by atoms with E-state index >= 15 is 0 Å². The number of nitrogens with two attached hydrogens (primary N) is 2. The molecule has 0 saturated heterocycles. The fraction of sp³-hybridized carbons (Fsp3) is 0.476. The minimum atomic E-state index is -0.184. The molecular formula is C21H28ClN5O. The van der Waals surface area contributed by atoms with Crippen LogP contribution in [0, 0.1) is 0 Å². The van der Waals surface area contributed by atoms with Crippen LogP contribution >= 0.6 is 11.6 Å². The smallest absolute Gasteiger partial charge is 0.242 e. The first kappa shape index (κ1) is 20.4. The van der Waals surface area contributed by atoms with E-state index < -0.39 is 0 Å². The average Bonchev–Trinajstić information content (AvgIpc) is 2.64. The number of anilines is 3. The molecular weight excluding hydrogens is 374 g/mol. The molecule has 0 saturated carbocycles. The van der Waals surface area contributed by atoms with Crippen molar-refractivity contribution in [1.29, 1.82) is 0 Å². The van der Waals surface area contributed by atoms with Crippen LogP contribution in [0.5, 0.6) is 0 Å². The number of hydrogen-bond acceptors (Lipinski definition) is 5. The van der Waals surface area contributed by atoms with Crippen molar-refractivity contribution in [3.63, 3.8) is 0 Å². The number of carbonyl (C=O) groups is 1. The van der Waals surface area contributed by atoms with E-state index in [0.717, 1.165) is 19.3 Å². The number of benzene rings is 1. The maximum Gasteiger partial charge on any atom is 0.242 e. The molecule has 1 amide bonds. The maximum atomic E-state index is 12.6. The van der Waals surface area contributed by atoms with E-state index in [1.165, 1.54) is 11.1 Å². The highest BCUT2D eigenvalue weighted by Gasteiger charge is 2.33. The van der Waals surface area contributed by atoms with Crippen LogP contribution < -0.4 is 16.4 Å². The molecule has 6 nitrogen and oxygen atoms in total. The Bertz CT molecular complexity index is 860. The first-order chi connectivity index (χ1) is 13.2. The largest absolute Gasteiger partial charge is 0.382 e. The monoisotopic (exact) mass is 401 g/mol. The molecule has 1 aromatic carbocycles. The summed E-state index contributed by atoms with van der Waals surface area (Å²) >= 11 is 5.88. The Kier molecular flexibility index (Phi) is 5.79. The molecule has 28 heavy (non-hydrogen) atoms. The molecule has 0 bridgehead atoms. The molecule has 1 aliphatic rings. The molecule has 7 heteroatoms. The number of fused-ring (bicyclic) bond motifs is 1. The van der Waals surface area contributed by atoms with Crippen LogP contribution in [0.4, 0.5) is 17.5 Å². The zero-order valence-corrected chi connectivity index (χ0v) is 17.5. The molecule has 2 heterocycles. The molecule has 4 N–H and O–H groups in total. The number of amides is 1. The van der Waals surface area contributed by atoms with Gasteiger partial charge in [-0.3, -0.25) is 4.79 Å².